The Bertz CT molecular complexity index is 1540. The van der Waals surface area contributed by atoms with E-state index in [2.05, 4.69) is 11.4 Å². The minimum absolute atomic E-state index is 0.00680. The molecule has 0 unspecified atom stereocenters. The van der Waals surface area contributed by atoms with Crippen LogP contribution in [0.25, 0.3) is 22.8 Å². The van der Waals surface area contributed by atoms with Crippen LogP contribution in [0.2, 0.25) is 0 Å². The highest BCUT2D eigenvalue weighted by molar-refractivity contribution is 7.89. The molecular weight excluding hydrogens is 486 g/mol. The smallest absolute Gasteiger partial charge is 0.258 e. The molecule has 1 amide bonds. The van der Waals surface area contributed by atoms with Gasteiger partial charge in [0.25, 0.3) is 5.91 Å². The molecule has 1 saturated heterocycles. The third-order valence-electron chi connectivity index (χ3n) is 5.82. The number of morpholine rings is 1. The van der Waals surface area contributed by atoms with Gasteiger partial charge in [-0.15, -0.1) is 0 Å². The van der Waals surface area contributed by atoms with Crippen LogP contribution in [0, 0.1) is 18.3 Å². The van der Waals surface area contributed by atoms with Gasteiger partial charge in [0.1, 0.15) is 17.4 Å². The molecule has 4 heterocycles. The van der Waals surface area contributed by atoms with Crippen molar-refractivity contribution in [1.29, 1.82) is 5.26 Å². The maximum atomic E-state index is 13.3. The molecule has 4 aromatic rings. The topological polar surface area (TPSA) is 139 Å². The first-order valence-corrected chi connectivity index (χ1v) is 12.5. The number of carbonyl (C=O) groups excluding carboxylic acids is 1. The lowest BCUT2D eigenvalue weighted by Crippen LogP contribution is -2.40. The number of amides is 1. The minimum atomic E-state index is -3.81. The highest BCUT2D eigenvalue weighted by atomic mass is 32.2. The third-order valence-corrected chi connectivity index (χ3v) is 7.72. The van der Waals surface area contributed by atoms with Gasteiger partial charge in [-0.05, 0) is 48.9 Å². The van der Waals surface area contributed by atoms with Crippen LogP contribution < -0.4 is 5.32 Å². The number of sulfonamides is 1. The van der Waals surface area contributed by atoms with Gasteiger partial charge in [-0.3, -0.25) is 10.1 Å². The fourth-order valence-corrected chi connectivity index (χ4v) is 5.41. The Morgan fingerprint density at radius 2 is 1.75 bits per heavy atom. The molecule has 184 valence electrons. The summed E-state index contributed by atoms with van der Waals surface area (Å²) < 4.78 is 49.6. The molecule has 1 aliphatic rings. The van der Waals surface area contributed by atoms with E-state index in [9.17, 15) is 18.5 Å². The number of ether oxygens (including phenoxy) is 1. The molecule has 11 heteroatoms. The molecule has 5 rings (SSSR count). The molecule has 0 aliphatic carbocycles. The van der Waals surface area contributed by atoms with E-state index in [1.54, 1.807) is 37.3 Å². The molecule has 0 saturated carbocycles. The molecule has 0 atom stereocenters. The average molecular weight is 508 g/mol. The molecule has 1 aliphatic heterocycles. The zero-order chi connectivity index (χ0) is 25.3. The molecule has 1 aromatic carbocycles. The Labute approximate surface area is 206 Å². The fraction of sp³-hybridized carbons (Fsp3) is 0.200. The number of benzene rings is 1. The average Bonchev–Trinajstić information content (AvgIpc) is 3.65. The lowest BCUT2D eigenvalue weighted by Gasteiger charge is -2.26. The van der Waals surface area contributed by atoms with Crippen molar-refractivity contribution in [2.75, 3.05) is 31.6 Å². The van der Waals surface area contributed by atoms with Crippen molar-refractivity contribution in [3.8, 4) is 28.9 Å². The third kappa shape index (κ3) is 4.22. The fourth-order valence-electron chi connectivity index (χ4n) is 3.98. The van der Waals surface area contributed by atoms with Crippen LogP contribution in [0.3, 0.4) is 0 Å². The predicted molar refractivity (Wildman–Crippen MR) is 128 cm³/mol. The second-order valence-corrected chi connectivity index (χ2v) is 9.96. The van der Waals surface area contributed by atoms with Crippen molar-refractivity contribution in [2.24, 2.45) is 0 Å². The number of rotatable bonds is 6. The SMILES string of the molecule is Cc1ccc(S(=O)(=O)N2CCOCC2)cc1C(=O)Nc1oc(-c2ccco2)c(-c2ccco2)c1C#N. The van der Waals surface area contributed by atoms with E-state index in [0.717, 1.165) is 0 Å². The van der Waals surface area contributed by atoms with E-state index in [1.807, 2.05) is 0 Å². The van der Waals surface area contributed by atoms with Gasteiger partial charge < -0.3 is 18.0 Å². The number of hydrogen-bond donors (Lipinski definition) is 1. The van der Waals surface area contributed by atoms with Crippen LogP contribution >= 0.6 is 0 Å². The van der Waals surface area contributed by atoms with Crippen molar-refractivity contribution in [1.82, 2.24) is 4.31 Å². The molecule has 36 heavy (non-hydrogen) atoms. The minimum Gasteiger partial charge on any atom is -0.464 e. The van der Waals surface area contributed by atoms with Gasteiger partial charge >= 0.3 is 0 Å². The quantitative estimate of drug-likeness (QED) is 0.409. The Hall–Kier alpha value is -4.11. The number of nitrogens with zero attached hydrogens (tertiary/aromatic N) is 2. The summed E-state index contributed by atoms with van der Waals surface area (Å²) in [5, 5.41) is 12.5. The molecule has 0 spiro atoms. The predicted octanol–water partition coefficient (Wildman–Crippen LogP) is 4.25. The highest BCUT2D eigenvalue weighted by Crippen LogP contribution is 2.42. The van der Waals surface area contributed by atoms with Crippen molar-refractivity contribution < 1.29 is 31.2 Å². The van der Waals surface area contributed by atoms with Crippen molar-refractivity contribution in [3.63, 3.8) is 0 Å². The molecule has 10 nitrogen and oxygen atoms in total. The van der Waals surface area contributed by atoms with Gasteiger partial charge in [-0.2, -0.15) is 9.57 Å². The number of furan rings is 3. The van der Waals surface area contributed by atoms with Crippen LogP contribution in [0.1, 0.15) is 21.5 Å². The summed E-state index contributed by atoms with van der Waals surface area (Å²) in [5.41, 5.74) is 1.05. The van der Waals surface area contributed by atoms with Gasteiger partial charge in [-0.1, -0.05) is 6.07 Å². The molecule has 1 N–H and O–H groups in total. The van der Waals surface area contributed by atoms with E-state index in [1.165, 1.54) is 29.0 Å². The van der Waals surface area contributed by atoms with Gasteiger partial charge in [-0.25, -0.2) is 8.42 Å². The summed E-state index contributed by atoms with van der Waals surface area (Å²) in [7, 11) is -3.81. The van der Waals surface area contributed by atoms with Gasteiger partial charge in [0.15, 0.2) is 11.5 Å². The van der Waals surface area contributed by atoms with Crippen LogP contribution in [0.4, 0.5) is 5.88 Å². The van der Waals surface area contributed by atoms with Crippen LogP contribution in [-0.4, -0.2) is 44.9 Å². The highest BCUT2D eigenvalue weighted by Gasteiger charge is 2.30. The summed E-state index contributed by atoms with van der Waals surface area (Å²) in [6.45, 7) is 2.78. The zero-order valence-electron chi connectivity index (χ0n) is 19.2. The zero-order valence-corrected chi connectivity index (χ0v) is 20.0. The second-order valence-electron chi connectivity index (χ2n) is 8.02. The maximum absolute atomic E-state index is 13.3. The first kappa shape index (κ1) is 23.6. The summed E-state index contributed by atoms with van der Waals surface area (Å²) in [6, 6.07) is 13.1. The number of hydrogen-bond acceptors (Lipinski definition) is 8. The van der Waals surface area contributed by atoms with Crippen LogP contribution in [0.15, 0.2) is 73.1 Å². The van der Waals surface area contributed by atoms with E-state index in [4.69, 9.17) is 18.0 Å². The molecule has 0 bridgehead atoms. The Morgan fingerprint density at radius 1 is 1.06 bits per heavy atom. The monoisotopic (exact) mass is 507 g/mol. The van der Waals surface area contributed by atoms with Crippen LogP contribution in [-0.2, 0) is 14.8 Å². The first-order valence-electron chi connectivity index (χ1n) is 11.0. The Morgan fingerprint density at radius 3 is 2.39 bits per heavy atom. The number of nitriles is 1. The van der Waals surface area contributed by atoms with E-state index >= 15 is 0 Å². The summed E-state index contributed by atoms with van der Waals surface area (Å²) >= 11 is 0. The van der Waals surface area contributed by atoms with Crippen molar-refractivity contribution >= 4 is 21.8 Å². The number of nitrogens with one attached hydrogen (secondary N) is 1. The maximum Gasteiger partial charge on any atom is 0.258 e. The lowest BCUT2D eigenvalue weighted by molar-refractivity contribution is 0.0730. The summed E-state index contributed by atoms with van der Waals surface area (Å²) in [4.78, 5) is 13.3. The number of carbonyl (C=O) groups is 1. The lowest BCUT2D eigenvalue weighted by atomic mass is 10.1. The second kappa shape index (κ2) is 9.50. The molecular formula is C25H21N3O7S. The molecule has 1 fully saturated rings. The largest absolute Gasteiger partial charge is 0.464 e. The van der Waals surface area contributed by atoms with Crippen molar-refractivity contribution in [3.05, 3.63) is 71.7 Å². The normalized spacial score (nSPS) is 14.4. The first-order chi connectivity index (χ1) is 17.4. The standard InChI is InChI=1S/C25H21N3O7S/c1-16-6-7-17(36(30,31)28-8-12-32-13-9-28)14-18(16)24(29)27-25-19(15-26)22(20-4-2-10-33-20)23(35-25)21-5-3-11-34-21/h2-7,10-11,14H,8-9,12-13H2,1H3,(H,27,29). The van der Waals surface area contributed by atoms with Gasteiger partial charge in [0, 0.05) is 18.7 Å². The molecule has 0 radical (unpaired) electrons. The Kier molecular flexibility index (Phi) is 6.24. The molecule has 3 aromatic heterocycles. The van der Waals surface area contributed by atoms with Gasteiger partial charge in [0.2, 0.25) is 15.9 Å². The number of anilines is 1. The van der Waals surface area contributed by atoms with E-state index < -0.39 is 15.9 Å². The van der Waals surface area contributed by atoms with E-state index in [-0.39, 0.29) is 40.8 Å². The number of aryl methyl sites for hydroxylation is 1. The van der Waals surface area contributed by atoms with Gasteiger partial charge in [0.05, 0.1) is 36.2 Å². The summed E-state index contributed by atoms with van der Waals surface area (Å²) in [5.74, 6) is 0.169. The van der Waals surface area contributed by atoms with Crippen LogP contribution in [0.5, 0.6) is 0 Å². The van der Waals surface area contributed by atoms with E-state index in [0.29, 0.717) is 35.9 Å². The Balaban J connectivity index is 1.52. The summed E-state index contributed by atoms with van der Waals surface area (Å²) in [6.07, 6.45) is 2.91. The van der Waals surface area contributed by atoms with Crippen molar-refractivity contribution in [2.45, 2.75) is 11.8 Å².